The van der Waals surface area contributed by atoms with Crippen LogP contribution in [0, 0.1) is 0 Å². The molecule has 0 aliphatic heterocycles. The van der Waals surface area contributed by atoms with Gasteiger partial charge in [-0.25, -0.2) is 4.98 Å². The molecule has 1 unspecified atom stereocenters. The SMILES string of the molecule is CC(NC(=O)c1cc2ccccc2s1)c1nc2ccccc2[nH]1. The molecule has 2 aromatic heterocycles. The van der Waals surface area contributed by atoms with Gasteiger partial charge in [-0.3, -0.25) is 4.79 Å². The number of thiophene rings is 1. The fraction of sp³-hybridized carbons (Fsp3) is 0.111. The number of H-pyrrole nitrogens is 1. The summed E-state index contributed by atoms with van der Waals surface area (Å²) in [5.74, 6) is 0.694. The standard InChI is InChI=1S/C18H15N3OS/c1-11(17-20-13-7-3-4-8-14(13)21-17)19-18(22)16-10-12-6-2-5-9-15(12)23-16/h2-11H,1H3,(H,19,22)(H,20,21). The van der Waals surface area contributed by atoms with Gasteiger partial charge in [0.2, 0.25) is 0 Å². The Morgan fingerprint density at radius 1 is 1.17 bits per heavy atom. The van der Waals surface area contributed by atoms with Crippen LogP contribution < -0.4 is 5.32 Å². The lowest BCUT2D eigenvalue weighted by molar-refractivity contribution is 0.0942. The maximum atomic E-state index is 12.5. The molecule has 1 atom stereocenters. The number of carbonyl (C=O) groups excluding carboxylic acids is 1. The number of carbonyl (C=O) groups is 1. The maximum absolute atomic E-state index is 12.5. The predicted molar refractivity (Wildman–Crippen MR) is 93.8 cm³/mol. The molecule has 4 nitrogen and oxygen atoms in total. The van der Waals surface area contributed by atoms with E-state index in [1.807, 2.05) is 61.5 Å². The number of para-hydroxylation sites is 2. The number of amides is 1. The molecule has 0 saturated heterocycles. The van der Waals surface area contributed by atoms with Crippen molar-refractivity contribution in [3.63, 3.8) is 0 Å². The molecule has 2 aromatic carbocycles. The number of nitrogens with zero attached hydrogens (tertiary/aromatic N) is 1. The molecule has 2 N–H and O–H groups in total. The van der Waals surface area contributed by atoms with E-state index < -0.39 is 0 Å². The predicted octanol–water partition coefficient (Wildman–Crippen LogP) is 4.27. The molecule has 4 rings (SSSR count). The average molecular weight is 321 g/mol. The molecule has 23 heavy (non-hydrogen) atoms. The lowest BCUT2D eigenvalue weighted by Crippen LogP contribution is -2.26. The summed E-state index contributed by atoms with van der Waals surface area (Å²) < 4.78 is 1.12. The zero-order valence-corrected chi connectivity index (χ0v) is 13.4. The third kappa shape index (κ3) is 2.59. The van der Waals surface area contributed by atoms with Crippen molar-refractivity contribution in [1.29, 1.82) is 0 Å². The minimum absolute atomic E-state index is 0.0702. The highest BCUT2D eigenvalue weighted by molar-refractivity contribution is 7.20. The molecule has 5 heteroatoms. The molecule has 0 radical (unpaired) electrons. The smallest absolute Gasteiger partial charge is 0.261 e. The molecule has 2 heterocycles. The van der Waals surface area contributed by atoms with Crippen molar-refractivity contribution in [3.05, 3.63) is 65.3 Å². The highest BCUT2D eigenvalue weighted by Crippen LogP contribution is 2.25. The van der Waals surface area contributed by atoms with Crippen LogP contribution in [-0.2, 0) is 0 Å². The Labute approximate surface area is 137 Å². The van der Waals surface area contributed by atoms with Crippen LogP contribution in [0.4, 0.5) is 0 Å². The van der Waals surface area contributed by atoms with E-state index in [9.17, 15) is 4.79 Å². The topological polar surface area (TPSA) is 57.8 Å². The fourth-order valence-electron chi connectivity index (χ4n) is 2.61. The number of benzene rings is 2. The zero-order chi connectivity index (χ0) is 15.8. The van der Waals surface area contributed by atoms with Crippen molar-refractivity contribution in [2.24, 2.45) is 0 Å². The number of aromatic nitrogens is 2. The van der Waals surface area contributed by atoms with Crippen molar-refractivity contribution in [3.8, 4) is 0 Å². The molecule has 4 aromatic rings. The van der Waals surface area contributed by atoms with E-state index in [0.717, 1.165) is 26.9 Å². The van der Waals surface area contributed by atoms with Crippen molar-refractivity contribution in [2.45, 2.75) is 13.0 Å². The molecular weight excluding hydrogens is 306 g/mol. The summed E-state index contributed by atoms with van der Waals surface area (Å²) in [5.41, 5.74) is 1.89. The number of hydrogen-bond acceptors (Lipinski definition) is 3. The molecule has 0 aliphatic rings. The summed E-state index contributed by atoms with van der Waals surface area (Å²) in [6, 6.07) is 17.6. The Hall–Kier alpha value is -2.66. The Kier molecular flexibility index (Phi) is 3.35. The van der Waals surface area contributed by atoms with Crippen molar-refractivity contribution in [2.75, 3.05) is 0 Å². The van der Waals surface area contributed by atoms with Gasteiger partial charge in [0.1, 0.15) is 5.82 Å². The minimum atomic E-state index is -0.180. The third-order valence-corrected chi connectivity index (χ3v) is 4.93. The van der Waals surface area contributed by atoms with Gasteiger partial charge in [0.25, 0.3) is 5.91 Å². The van der Waals surface area contributed by atoms with Gasteiger partial charge in [-0.05, 0) is 36.6 Å². The monoisotopic (exact) mass is 321 g/mol. The lowest BCUT2D eigenvalue weighted by Gasteiger charge is -2.10. The summed E-state index contributed by atoms with van der Waals surface area (Å²) in [6.45, 7) is 1.93. The van der Waals surface area contributed by atoms with E-state index >= 15 is 0 Å². The van der Waals surface area contributed by atoms with Gasteiger partial charge in [-0.2, -0.15) is 0 Å². The van der Waals surface area contributed by atoms with Crippen LogP contribution >= 0.6 is 11.3 Å². The number of rotatable bonds is 3. The Bertz CT molecular complexity index is 936. The zero-order valence-electron chi connectivity index (χ0n) is 12.5. The molecule has 1 amide bonds. The third-order valence-electron chi connectivity index (χ3n) is 3.81. The molecule has 0 aliphatic carbocycles. The van der Waals surface area contributed by atoms with Gasteiger partial charge in [0.05, 0.1) is 22.0 Å². The van der Waals surface area contributed by atoms with Gasteiger partial charge in [-0.15, -0.1) is 11.3 Å². The van der Waals surface area contributed by atoms with E-state index in [-0.39, 0.29) is 11.9 Å². The van der Waals surface area contributed by atoms with Crippen LogP contribution in [0.25, 0.3) is 21.1 Å². The van der Waals surface area contributed by atoms with Crippen LogP contribution in [-0.4, -0.2) is 15.9 Å². The van der Waals surface area contributed by atoms with Gasteiger partial charge in [0.15, 0.2) is 0 Å². The van der Waals surface area contributed by atoms with Gasteiger partial charge >= 0.3 is 0 Å². The first-order valence-electron chi connectivity index (χ1n) is 7.45. The van der Waals surface area contributed by atoms with Crippen molar-refractivity contribution < 1.29 is 4.79 Å². The highest BCUT2D eigenvalue weighted by atomic mass is 32.1. The van der Waals surface area contributed by atoms with E-state index in [0.29, 0.717) is 4.88 Å². The van der Waals surface area contributed by atoms with Crippen molar-refractivity contribution >= 4 is 38.4 Å². The minimum Gasteiger partial charge on any atom is -0.342 e. The van der Waals surface area contributed by atoms with Crippen LogP contribution in [0.2, 0.25) is 0 Å². The molecule has 0 spiro atoms. The van der Waals surface area contributed by atoms with Crippen LogP contribution in [0.15, 0.2) is 54.6 Å². The number of fused-ring (bicyclic) bond motifs is 2. The molecule has 0 bridgehead atoms. The summed E-state index contributed by atoms with van der Waals surface area (Å²) >= 11 is 1.50. The Morgan fingerprint density at radius 3 is 2.78 bits per heavy atom. The molecular formula is C18H15N3OS. The molecule has 0 fully saturated rings. The summed E-state index contributed by atoms with van der Waals surface area (Å²) in [5, 5.41) is 4.11. The largest absolute Gasteiger partial charge is 0.342 e. The average Bonchev–Trinajstić information content (AvgIpc) is 3.18. The van der Waals surface area contributed by atoms with Gasteiger partial charge in [-0.1, -0.05) is 30.3 Å². The first-order chi connectivity index (χ1) is 11.2. The number of aromatic amines is 1. The maximum Gasteiger partial charge on any atom is 0.261 e. The first-order valence-corrected chi connectivity index (χ1v) is 8.26. The number of hydrogen-bond donors (Lipinski definition) is 2. The summed E-state index contributed by atoms with van der Waals surface area (Å²) in [4.78, 5) is 21.0. The van der Waals surface area contributed by atoms with Crippen LogP contribution in [0.3, 0.4) is 0 Å². The number of imidazole rings is 1. The van der Waals surface area contributed by atoms with Crippen molar-refractivity contribution in [1.82, 2.24) is 15.3 Å². The number of nitrogens with one attached hydrogen (secondary N) is 2. The van der Waals surface area contributed by atoms with Crippen LogP contribution in [0.5, 0.6) is 0 Å². The van der Waals surface area contributed by atoms with Gasteiger partial charge < -0.3 is 10.3 Å². The molecule has 114 valence electrons. The quantitative estimate of drug-likeness (QED) is 0.592. The second kappa shape index (κ2) is 5.52. The van der Waals surface area contributed by atoms with E-state index in [2.05, 4.69) is 15.3 Å². The van der Waals surface area contributed by atoms with Gasteiger partial charge in [0, 0.05) is 4.70 Å². The Balaban J connectivity index is 1.57. The first kappa shape index (κ1) is 14.0. The second-order valence-corrected chi connectivity index (χ2v) is 6.57. The summed E-state index contributed by atoms with van der Waals surface area (Å²) in [6.07, 6.45) is 0. The van der Waals surface area contributed by atoms with Crippen LogP contribution in [0.1, 0.15) is 28.5 Å². The Morgan fingerprint density at radius 2 is 1.96 bits per heavy atom. The normalized spacial score (nSPS) is 12.6. The second-order valence-electron chi connectivity index (χ2n) is 5.48. The lowest BCUT2D eigenvalue weighted by atomic mass is 10.2. The fourth-order valence-corrected chi connectivity index (χ4v) is 3.57. The van der Waals surface area contributed by atoms with E-state index in [1.165, 1.54) is 11.3 Å². The summed E-state index contributed by atoms with van der Waals surface area (Å²) in [7, 11) is 0. The molecule has 0 saturated carbocycles. The highest BCUT2D eigenvalue weighted by Gasteiger charge is 2.16. The van der Waals surface area contributed by atoms with E-state index in [1.54, 1.807) is 0 Å². The van der Waals surface area contributed by atoms with E-state index in [4.69, 9.17) is 0 Å².